The molecule has 0 spiro atoms. The fourth-order valence-corrected chi connectivity index (χ4v) is 2.96. The van der Waals surface area contributed by atoms with Gasteiger partial charge in [0.05, 0.1) is 18.0 Å². The zero-order valence-electron chi connectivity index (χ0n) is 14.3. The molecule has 2 N–H and O–H groups in total. The molecule has 0 aliphatic heterocycles. The van der Waals surface area contributed by atoms with Crippen LogP contribution in [0.5, 0.6) is 0 Å². The number of hydrogen-bond donors (Lipinski definition) is 2. The molecule has 0 aliphatic carbocycles. The van der Waals surface area contributed by atoms with E-state index in [1.807, 2.05) is 0 Å². The van der Waals surface area contributed by atoms with Crippen LogP contribution in [0.2, 0.25) is 10.0 Å². The highest BCUT2D eigenvalue weighted by Crippen LogP contribution is 2.31. The lowest BCUT2D eigenvalue weighted by molar-refractivity contribution is -0.0429. The first-order valence-corrected chi connectivity index (χ1v) is 9.95. The van der Waals surface area contributed by atoms with Crippen LogP contribution in [-0.4, -0.2) is 13.9 Å². The third-order valence-electron chi connectivity index (χ3n) is 3.44. The maximum atomic E-state index is 12.7. The summed E-state index contributed by atoms with van der Waals surface area (Å²) in [6, 6.07) is 10.5. The molecular formula is C17H15Cl2F3N2O3S. The zero-order chi connectivity index (χ0) is 20.9. The molecule has 152 valence electrons. The second kappa shape index (κ2) is 9.04. The predicted molar refractivity (Wildman–Crippen MR) is 103 cm³/mol. The number of benzene rings is 2. The van der Waals surface area contributed by atoms with Crippen molar-refractivity contribution in [2.24, 2.45) is 0 Å². The molecule has 28 heavy (non-hydrogen) atoms. The Morgan fingerprint density at radius 2 is 1.71 bits per heavy atom. The highest BCUT2D eigenvalue weighted by molar-refractivity contribution is 7.93. The number of halogens is 5. The first-order chi connectivity index (χ1) is 13.0. The number of allylic oxidation sites excluding steroid dienone is 1. The second-order valence-electron chi connectivity index (χ2n) is 5.46. The summed E-state index contributed by atoms with van der Waals surface area (Å²) in [6.45, 7) is 1.72. The van der Waals surface area contributed by atoms with E-state index in [1.54, 1.807) is 31.2 Å². The monoisotopic (exact) mass is 454 g/mol. The van der Waals surface area contributed by atoms with Crippen LogP contribution in [0.15, 0.2) is 48.5 Å². The fraction of sp³-hybridized carbons (Fsp3) is 0.176. The van der Waals surface area contributed by atoms with Gasteiger partial charge in [-0.3, -0.25) is 15.0 Å². The van der Waals surface area contributed by atoms with Crippen LogP contribution in [0, 0.1) is 0 Å². The lowest BCUT2D eigenvalue weighted by Gasteiger charge is -2.17. The summed E-state index contributed by atoms with van der Waals surface area (Å²) in [5, 5.41) is 0.759. The van der Waals surface area contributed by atoms with Crippen molar-refractivity contribution >= 4 is 44.6 Å². The van der Waals surface area contributed by atoms with Gasteiger partial charge >= 0.3 is 15.5 Å². The minimum Gasteiger partial charge on any atom is -0.275 e. The van der Waals surface area contributed by atoms with Gasteiger partial charge in [0.25, 0.3) is 0 Å². The van der Waals surface area contributed by atoms with Gasteiger partial charge in [0.15, 0.2) is 0 Å². The van der Waals surface area contributed by atoms with Crippen molar-refractivity contribution in [3.63, 3.8) is 0 Å². The van der Waals surface area contributed by atoms with Gasteiger partial charge in [-0.05, 0) is 42.8 Å². The highest BCUT2D eigenvalue weighted by Gasteiger charge is 2.46. The quantitative estimate of drug-likeness (QED) is 0.554. The fourth-order valence-electron chi connectivity index (χ4n) is 2.08. The van der Waals surface area contributed by atoms with Crippen molar-refractivity contribution in [3.8, 4) is 0 Å². The number of hydroxylamine groups is 1. The third kappa shape index (κ3) is 5.78. The van der Waals surface area contributed by atoms with Crippen molar-refractivity contribution in [1.29, 1.82) is 0 Å². The molecule has 0 aromatic heterocycles. The maximum Gasteiger partial charge on any atom is 0.516 e. The van der Waals surface area contributed by atoms with Gasteiger partial charge in [-0.1, -0.05) is 41.4 Å². The maximum absolute atomic E-state index is 12.7. The molecule has 0 aliphatic rings. The molecule has 5 nitrogen and oxygen atoms in total. The van der Waals surface area contributed by atoms with Crippen LogP contribution in [0.3, 0.4) is 0 Å². The molecule has 0 amide bonds. The van der Waals surface area contributed by atoms with Crippen molar-refractivity contribution in [1.82, 2.24) is 5.48 Å². The van der Waals surface area contributed by atoms with Gasteiger partial charge in [-0.2, -0.15) is 21.6 Å². The van der Waals surface area contributed by atoms with Crippen molar-refractivity contribution in [2.75, 3.05) is 4.72 Å². The Hall–Kier alpha value is -1.94. The van der Waals surface area contributed by atoms with Gasteiger partial charge in [0.2, 0.25) is 0 Å². The molecule has 2 aromatic carbocycles. The highest BCUT2D eigenvalue weighted by atomic mass is 35.5. The smallest absolute Gasteiger partial charge is 0.275 e. The lowest BCUT2D eigenvalue weighted by atomic mass is 10.1. The van der Waals surface area contributed by atoms with Gasteiger partial charge in [-0.15, -0.1) is 0 Å². The van der Waals surface area contributed by atoms with Crippen molar-refractivity contribution in [3.05, 3.63) is 69.7 Å². The summed E-state index contributed by atoms with van der Waals surface area (Å²) in [7, 11) is -5.60. The van der Waals surface area contributed by atoms with E-state index in [-0.39, 0.29) is 28.6 Å². The van der Waals surface area contributed by atoms with Crippen LogP contribution in [-0.2, 0) is 21.5 Å². The zero-order valence-corrected chi connectivity index (χ0v) is 16.7. The van der Waals surface area contributed by atoms with Crippen LogP contribution in [0.1, 0.15) is 18.1 Å². The molecule has 11 heteroatoms. The Morgan fingerprint density at radius 1 is 1.11 bits per heavy atom. The number of hydrogen-bond acceptors (Lipinski definition) is 4. The largest absolute Gasteiger partial charge is 0.516 e. The SMILES string of the molecule is CC=C(NOCc1ccc(Cl)cc1)c1cc(Cl)ccc1NS(=O)(=O)C(F)(F)F. The van der Waals surface area contributed by atoms with Gasteiger partial charge in [-0.25, -0.2) is 0 Å². The lowest BCUT2D eigenvalue weighted by Crippen LogP contribution is -2.30. The van der Waals surface area contributed by atoms with E-state index >= 15 is 0 Å². The first kappa shape index (κ1) is 22.4. The molecule has 2 rings (SSSR count). The van der Waals surface area contributed by atoms with E-state index in [1.165, 1.54) is 22.9 Å². The minimum absolute atomic E-state index is 0.0823. The molecule has 2 aromatic rings. The van der Waals surface area contributed by atoms with E-state index in [0.29, 0.717) is 5.02 Å². The number of rotatable bonds is 7. The average Bonchev–Trinajstić information content (AvgIpc) is 2.61. The first-order valence-electron chi connectivity index (χ1n) is 7.71. The van der Waals surface area contributed by atoms with E-state index in [4.69, 9.17) is 28.0 Å². The summed E-state index contributed by atoms with van der Waals surface area (Å²) in [4.78, 5) is 5.36. The van der Waals surface area contributed by atoms with E-state index in [0.717, 1.165) is 11.6 Å². The summed E-state index contributed by atoms with van der Waals surface area (Å²) < 4.78 is 62.5. The Balaban J connectivity index is 2.21. The van der Waals surface area contributed by atoms with Crippen LogP contribution in [0.25, 0.3) is 5.70 Å². The third-order valence-corrected chi connectivity index (χ3v) is 5.03. The second-order valence-corrected chi connectivity index (χ2v) is 8.01. The van der Waals surface area contributed by atoms with Crippen LogP contribution in [0.4, 0.5) is 18.9 Å². The normalized spacial score (nSPS) is 12.7. The molecule has 0 saturated carbocycles. The van der Waals surface area contributed by atoms with Crippen molar-refractivity contribution in [2.45, 2.75) is 19.0 Å². The number of sulfonamides is 1. The molecule has 0 saturated heterocycles. The molecule has 0 heterocycles. The van der Waals surface area contributed by atoms with Gasteiger partial charge < -0.3 is 0 Å². The molecule has 0 fully saturated rings. The van der Waals surface area contributed by atoms with E-state index < -0.39 is 15.5 Å². The Morgan fingerprint density at radius 3 is 2.29 bits per heavy atom. The number of alkyl halides is 3. The standard InChI is InChI=1S/C17H15Cl2F3N2O3S/c1-2-15(23-27-10-11-3-5-12(18)6-4-11)14-9-13(19)7-8-16(14)24-28(25,26)17(20,21)22/h2-9,23-24H,10H2,1H3. The summed E-state index contributed by atoms with van der Waals surface area (Å²) in [5.41, 5.74) is -2.08. The summed E-state index contributed by atoms with van der Waals surface area (Å²) in [6.07, 6.45) is 1.50. The van der Waals surface area contributed by atoms with Gasteiger partial charge in [0, 0.05) is 15.6 Å². The van der Waals surface area contributed by atoms with Crippen molar-refractivity contribution < 1.29 is 26.4 Å². The number of nitrogens with one attached hydrogen (secondary N) is 2. The molecule has 0 bridgehead atoms. The Kier molecular flexibility index (Phi) is 7.22. The van der Waals surface area contributed by atoms with Crippen LogP contribution < -0.4 is 10.2 Å². The Labute approximate surface area is 170 Å². The molecule has 0 unspecified atom stereocenters. The molecule has 0 radical (unpaired) electrons. The Bertz CT molecular complexity index is 963. The van der Waals surface area contributed by atoms with Crippen LogP contribution >= 0.6 is 23.2 Å². The average molecular weight is 455 g/mol. The van der Waals surface area contributed by atoms with E-state index in [2.05, 4.69) is 5.48 Å². The topological polar surface area (TPSA) is 67.4 Å². The minimum atomic E-state index is -5.60. The predicted octanol–water partition coefficient (Wildman–Crippen LogP) is 5.34. The molecular weight excluding hydrogens is 440 g/mol. The molecule has 0 atom stereocenters. The number of anilines is 1. The van der Waals surface area contributed by atoms with E-state index in [9.17, 15) is 21.6 Å². The summed E-state index contributed by atoms with van der Waals surface area (Å²) in [5.74, 6) is 0. The summed E-state index contributed by atoms with van der Waals surface area (Å²) >= 11 is 11.7. The van der Waals surface area contributed by atoms with Gasteiger partial charge in [0.1, 0.15) is 0 Å².